The SMILES string of the molecule is CCCn1c(=O)c2ccccc2n(CC(=O)N2C[C@@H](C)C[C@H](C)C2)c1=O. The van der Waals surface area contributed by atoms with Crippen molar-refractivity contribution in [3.63, 3.8) is 0 Å². The average Bonchev–Trinajstić information content (AvgIpc) is 2.61. The molecule has 0 bridgehead atoms. The number of rotatable bonds is 4. The summed E-state index contributed by atoms with van der Waals surface area (Å²) in [5.74, 6) is 0.868. The molecule has 0 spiro atoms. The number of likely N-dealkylation sites (tertiary alicyclic amines) is 1. The minimum Gasteiger partial charge on any atom is -0.341 e. The van der Waals surface area contributed by atoms with Gasteiger partial charge in [0.25, 0.3) is 5.56 Å². The Balaban J connectivity index is 2.03. The van der Waals surface area contributed by atoms with Crippen molar-refractivity contribution in [2.75, 3.05) is 13.1 Å². The second-order valence-electron chi connectivity index (χ2n) is 7.59. The van der Waals surface area contributed by atoms with E-state index in [1.54, 1.807) is 24.3 Å². The number of carbonyl (C=O) groups excluding carboxylic acids is 1. The quantitative estimate of drug-likeness (QED) is 0.841. The van der Waals surface area contributed by atoms with Gasteiger partial charge in [-0.3, -0.25) is 18.7 Å². The van der Waals surface area contributed by atoms with Crippen LogP contribution in [0.3, 0.4) is 0 Å². The predicted molar refractivity (Wildman–Crippen MR) is 102 cm³/mol. The van der Waals surface area contributed by atoms with E-state index in [0.717, 1.165) is 19.5 Å². The Kier molecular flexibility index (Phi) is 5.30. The standard InChI is InChI=1S/C20H27N3O3/c1-4-9-22-19(25)16-7-5-6-8-17(16)23(20(22)26)13-18(24)21-11-14(2)10-15(3)12-21/h5-8,14-15H,4,9-13H2,1-3H3/t14-,15-/m0/s1. The van der Waals surface area contributed by atoms with Crippen LogP contribution < -0.4 is 11.2 Å². The highest BCUT2D eigenvalue weighted by molar-refractivity contribution is 5.81. The molecular weight excluding hydrogens is 330 g/mol. The zero-order chi connectivity index (χ0) is 18.8. The highest BCUT2D eigenvalue weighted by Gasteiger charge is 2.26. The van der Waals surface area contributed by atoms with Gasteiger partial charge in [0.2, 0.25) is 5.91 Å². The number of fused-ring (bicyclic) bond motifs is 1. The number of piperidine rings is 1. The molecule has 0 unspecified atom stereocenters. The van der Waals surface area contributed by atoms with Gasteiger partial charge in [-0.2, -0.15) is 0 Å². The smallest absolute Gasteiger partial charge is 0.331 e. The van der Waals surface area contributed by atoms with Crippen LogP contribution >= 0.6 is 0 Å². The molecule has 0 saturated carbocycles. The van der Waals surface area contributed by atoms with Crippen LogP contribution in [-0.4, -0.2) is 33.0 Å². The summed E-state index contributed by atoms with van der Waals surface area (Å²) in [6, 6.07) is 7.03. The normalized spacial score (nSPS) is 20.5. The molecule has 0 aliphatic carbocycles. The van der Waals surface area contributed by atoms with E-state index in [4.69, 9.17) is 0 Å². The highest BCUT2D eigenvalue weighted by Crippen LogP contribution is 2.21. The second kappa shape index (κ2) is 7.48. The molecule has 1 aliphatic rings. The van der Waals surface area contributed by atoms with Gasteiger partial charge < -0.3 is 4.90 Å². The number of hydrogen-bond acceptors (Lipinski definition) is 3. The fourth-order valence-corrected chi connectivity index (χ4v) is 4.05. The lowest BCUT2D eigenvalue weighted by Crippen LogP contribution is -2.47. The predicted octanol–water partition coefficient (Wildman–Crippen LogP) is 2.08. The van der Waals surface area contributed by atoms with Crippen LogP contribution in [0.4, 0.5) is 0 Å². The summed E-state index contributed by atoms with van der Waals surface area (Å²) in [5, 5.41) is 0.480. The van der Waals surface area contributed by atoms with Crippen molar-refractivity contribution in [3.05, 3.63) is 45.1 Å². The van der Waals surface area contributed by atoms with E-state index in [9.17, 15) is 14.4 Å². The maximum atomic E-state index is 12.9. The molecule has 1 aromatic carbocycles. The molecule has 0 radical (unpaired) electrons. The molecule has 1 fully saturated rings. The monoisotopic (exact) mass is 357 g/mol. The van der Waals surface area contributed by atoms with Crippen LogP contribution in [0.25, 0.3) is 10.9 Å². The number of amides is 1. The lowest BCUT2D eigenvalue weighted by Gasteiger charge is -2.35. The number of hydrogen-bond donors (Lipinski definition) is 0. The molecule has 1 amide bonds. The summed E-state index contributed by atoms with van der Waals surface area (Å²) in [5.41, 5.74) is -0.153. The Labute approximate surface area is 153 Å². The molecule has 1 aliphatic heterocycles. The van der Waals surface area contributed by atoms with E-state index >= 15 is 0 Å². The van der Waals surface area contributed by atoms with Crippen molar-refractivity contribution in [1.29, 1.82) is 0 Å². The Morgan fingerprint density at radius 2 is 1.73 bits per heavy atom. The molecule has 1 aromatic heterocycles. The number of carbonyl (C=O) groups is 1. The summed E-state index contributed by atoms with van der Waals surface area (Å²) in [7, 11) is 0. The van der Waals surface area contributed by atoms with Crippen molar-refractivity contribution in [3.8, 4) is 0 Å². The van der Waals surface area contributed by atoms with Crippen LogP contribution in [-0.2, 0) is 17.9 Å². The Hall–Kier alpha value is -2.37. The minimum atomic E-state index is -0.401. The first-order valence-corrected chi connectivity index (χ1v) is 9.42. The van der Waals surface area contributed by atoms with E-state index in [1.807, 2.05) is 11.8 Å². The third-order valence-electron chi connectivity index (χ3n) is 5.09. The zero-order valence-corrected chi connectivity index (χ0v) is 15.8. The third-order valence-corrected chi connectivity index (χ3v) is 5.09. The van der Waals surface area contributed by atoms with Gasteiger partial charge in [0.1, 0.15) is 6.54 Å². The third kappa shape index (κ3) is 3.45. The Bertz CT molecular complexity index is 918. The summed E-state index contributed by atoms with van der Waals surface area (Å²) in [4.78, 5) is 40.3. The lowest BCUT2D eigenvalue weighted by atomic mass is 9.92. The van der Waals surface area contributed by atoms with Crippen LogP contribution in [0.15, 0.2) is 33.9 Å². The molecule has 140 valence electrons. The van der Waals surface area contributed by atoms with Gasteiger partial charge in [-0.25, -0.2) is 4.79 Å². The average molecular weight is 357 g/mol. The van der Waals surface area contributed by atoms with Crippen LogP contribution in [0.2, 0.25) is 0 Å². The molecule has 26 heavy (non-hydrogen) atoms. The van der Waals surface area contributed by atoms with Crippen molar-refractivity contribution in [1.82, 2.24) is 14.0 Å². The molecule has 6 nitrogen and oxygen atoms in total. The van der Waals surface area contributed by atoms with E-state index in [-0.39, 0.29) is 18.0 Å². The molecule has 2 atom stereocenters. The van der Waals surface area contributed by atoms with Gasteiger partial charge >= 0.3 is 5.69 Å². The van der Waals surface area contributed by atoms with Crippen molar-refractivity contribution in [2.45, 2.75) is 46.7 Å². The van der Waals surface area contributed by atoms with Gasteiger partial charge in [-0.15, -0.1) is 0 Å². The van der Waals surface area contributed by atoms with Gasteiger partial charge in [-0.05, 0) is 36.8 Å². The number of benzene rings is 1. The topological polar surface area (TPSA) is 64.3 Å². The van der Waals surface area contributed by atoms with Crippen molar-refractivity contribution in [2.24, 2.45) is 11.8 Å². The Morgan fingerprint density at radius 1 is 1.08 bits per heavy atom. The number of aromatic nitrogens is 2. The largest absolute Gasteiger partial charge is 0.341 e. The van der Waals surface area contributed by atoms with Crippen LogP contribution in [0.1, 0.15) is 33.6 Å². The molecule has 3 rings (SSSR count). The summed E-state index contributed by atoms with van der Waals surface area (Å²) in [6.45, 7) is 8.01. The van der Waals surface area contributed by atoms with Crippen molar-refractivity contribution >= 4 is 16.8 Å². The second-order valence-corrected chi connectivity index (χ2v) is 7.59. The minimum absolute atomic E-state index is 0.0250. The maximum Gasteiger partial charge on any atom is 0.331 e. The van der Waals surface area contributed by atoms with Gasteiger partial charge in [0.05, 0.1) is 10.9 Å². The van der Waals surface area contributed by atoms with Gasteiger partial charge in [0, 0.05) is 19.6 Å². The Morgan fingerprint density at radius 3 is 2.38 bits per heavy atom. The summed E-state index contributed by atoms with van der Waals surface area (Å²) >= 11 is 0. The van der Waals surface area contributed by atoms with E-state index in [1.165, 1.54) is 9.13 Å². The van der Waals surface area contributed by atoms with Crippen LogP contribution in [0, 0.1) is 11.8 Å². The van der Waals surface area contributed by atoms with Crippen molar-refractivity contribution < 1.29 is 4.79 Å². The fourth-order valence-electron chi connectivity index (χ4n) is 4.05. The molecule has 6 heteroatoms. The fraction of sp³-hybridized carbons (Fsp3) is 0.550. The lowest BCUT2D eigenvalue weighted by molar-refractivity contribution is -0.134. The number of nitrogens with zero attached hydrogens (tertiary/aromatic N) is 3. The molecular formula is C20H27N3O3. The zero-order valence-electron chi connectivity index (χ0n) is 15.8. The highest BCUT2D eigenvalue weighted by atomic mass is 16.2. The van der Waals surface area contributed by atoms with E-state index in [2.05, 4.69) is 13.8 Å². The molecule has 0 N–H and O–H groups in total. The summed E-state index contributed by atoms with van der Waals surface area (Å²) < 4.78 is 2.70. The van der Waals surface area contributed by atoms with E-state index in [0.29, 0.717) is 35.7 Å². The first-order valence-electron chi connectivity index (χ1n) is 9.42. The maximum absolute atomic E-state index is 12.9. The van der Waals surface area contributed by atoms with Gasteiger partial charge in [0.15, 0.2) is 0 Å². The molecule has 2 aromatic rings. The summed E-state index contributed by atoms with van der Waals surface area (Å²) in [6.07, 6.45) is 1.80. The number of para-hydroxylation sites is 1. The molecule has 1 saturated heterocycles. The van der Waals surface area contributed by atoms with Crippen LogP contribution in [0.5, 0.6) is 0 Å². The first kappa shape index (κ1) is 18.4. The van der Waals surface area contributed by atoms with E-state index < -0.39 is 5.69 Å². The van der Waals surface area contributed by atoms with Gasteiger partial charge in [-0.1, -0.05) is 32.9 Å². The first-order chi connectivity index (χ1) is 12.4. The molecule has 2 heterocycles.